The van der Waals surface area contributed by atoms with Gasteiger partial charge in [0, 0.05) is 19.1 Å². The minimum absolute atomic E-state index is 0.00397. The lowest BCUT2D eigenvalue weighted by molar-refractivity contribution is -0.0951. The summed E-state index contributed by atoms with van der Waals surface area (Å²) in [6, 6.07) is 21.7. The van der Waals surface area contributed by atoms with Crippen molar-refractivity contribution in [2.24, 2.45) is 0 Å². The average Bonchev–Trinajstić information content (AvgIpc) is 3.30. The minimum Gasteiger partial charge on any atom is -0.374 e. The molecule has 2 aromatic rings. The zero-order chi connectivity index (χ0) is 27.0. The Morgan fingerprint density at radius 2 is 1.26 bits per heavy atom. The van der Waals surface area contributed by atoms with Crippen molar-refractivity contribution in [1.82, 2.24) is 4.90 Å². The van der Waals surface area contributed by atoms with Crippen molar-refractivity contribution >= 4 is 0 Å². The Kier molecular flexibility index (Phi) is 14.4. The first-order valence-corrected chi connectivity index (χ1v) is 15.3. The van der Waals surface area contributed by atoms with Crippen LogP contribution in [0.25, 0.3) is 0 Å². The van der Waals surface area contributed by atoms with Crippen LogP contribution in [0.2, 0.25) is 0 Å². The number of rotatable bonds is 19. The first-order chi connectivity index (χ1) is 18.6. The van der Waals surface area contributed by atoms with E-state index in [0.29, 0.717) is 19.3 Å². The summed E-state index contributed by atoms with van der Waals surface area (Å²) in [4.78, 5) is 2.54. The van der Waals surface area contributed by atoms with E-state index < -0.39 is 0 Å². The first kappa shape index (κ1) is 30.8. The van der Waals surface area contributed by atoms with Crippen LogP contribution in [0.5, 0.6) is 0 Å². The van der Waals surface area contributed by atoms with Gasteiger partial charge in [-0.2, -0.15) is 0 Å². The highest BCUT2D eigenvalue weighted by Gasteiger charge is 2.48. The highest BCUT2D eigenvalue weighted by atomic mass is 16.6. The standard InChI is InChI=1S/C34H53NO3/c1-5-7-9-10-18-24-36-34-32(38-27-30-22-16-12-17-23-30)25-31(37-26-29-20-14-11-15-21-29)33(34)35(4)28(3)19-13-8-6-2/h11-12,14-17,20-23,28,31-34H,5-10,13,18-19,24-27H2,1-4H3. The van der Waals surface area contributed by atoms with Gasteiger partial charge in [0.1, 0.15) is 6.10 Å². The smallest absolute Gasteiger partial charge is 0.102 e. The van der Waals surface area contributed by atoms with Crippen molar-refractivity contribution in [2.45, 2.75) is 129 Å². The second kappa shape index (κ2) is 17.8. The molecule has 0 amide bonds. The summed E-state index contributed by atoms with van der Waals surface area (Å²) in [5.74, 6) is 0. The Balaban J connectivity index is 1.74. The van der Waals surface area contributed by atoms with E-state index in [9.17, 15) is 0 Å². The van der Waals surface area contributed by atoms with Crippen molar-refractivity contribution in [3.05, 3.63) is 71.8 Å². The zero-order valence-corrected chi connectivity index (χ0v) is 24.5. The highest BCUT2D eigenvalue weighted by Crippen LogP contribution is 2.34. The third kappa shape index (κ3) is 10.1. The average molecular weight is 524 g/mol. The fourth-order valence-corrected chi connectivity index (χ4v) is 5.63. The van der Waals surface area contributed by atoms with Crippen LogP contribution >= 0.6 is 0 Å². The van der Waals surface area contributed by atoms with E-state index in [4.69, 9.17) is 14.2 Å². The molecule has 0 spiro atoms. The molecule has 38 heavy (non-hydrogen) atoms. The molecule has 5 unspecified atom stereocenters. The summed E-state index contributed by atoms with van der Waals surface area (Å²) < 4.78 is 20.0. The molecule has 1 aliphatic carbocycles. The lowest BCUT2D eigenvalue weighted by Crippen LogP contribution is -2.51. The molecule has 0 aromatic heterocycles. The molecule has 4 heteroatoms. The van der Waals surface area contributed by atoms with E-state index in [2.05, 4.69) is 93.4 Å². The molecule has 2 aromatic carbocycles. The molecule has 0 radical (unpaired) electrons. The van der Waals surface area contributed by atoms with Crippen LogP contribution in [0.15, 0.2) is 60.7 Å². The zero-order valence-electron chi connectivity index (χ0n) is 24.5. The van der Waals surface area contributed by atoms with Crippen LogP contribution in [0.3, 0.4) is 0 Å². The summed E-state index contributed by atoms with van der Waals surface area (Å²) in [5.41, 5.74) is 2.42. The molecule has 3 rings (SSSR count). The third-order valence-electron chi connectivity index (χ3n) is 8.11. The summed E-state index contributed by atoms with van der Waals surface area (Å²) in [7, 11) is 2.28. The van der Waals surface area contributed by atoms with Gasteiger partial charge in [0.05, 0.1) is 31.5 Å². The first-order valence-electron chi connectivity index (χ1n) is 15.3. The number of ether oxygens (including phenoxy) is 3. The summed E-state index contributed by atoms with van der Waals surface area (Å²) >= 11 is 0. The Hall–Kier alpha value is -1.72. The quantitative estimate of drug-likeness (QED) is 0.174. The van der Waals surface area contributed by atoms with E-state index >= 15 is 0 Å². The molecule has 1 aliphatic rings. The van der Waals surface area contributed by atoms with Gasteiger partial charge in [-0.3, -0.25) is 4.90 Å². The molecular weight excluding hydrogens is 470 g/mol. The van der Waals surface area contributed by atoms with Crippen LogP contribution in [0.4, 0.5) is 0 Å². The second-order valence-corrected chi connectivity index (χ2v) is 11.2. The van der Waals surface area contributed by atoms with E-state index in [1.807, 2.05) is 0 Å². The van der Waals surface area contributed by atoms with E-state index in [0.717, 1.165) is 19.4 Å². The van der Waals surface area contributed by atoms with Gasteiger partial charge in [-0.25, -0.2) is 0 Å². The van der Waals surface area contributed by atoms with Gasteiger partial charge in [-0.05, 0) is 37.9 Å². The maximum Gasteiger partial charge on any atom is 0.102 e. The molecule has 0 heterocycles. The fraction of sp³-hybridized carbons (Fsp3) is 0.647. The molecule has 0 aliphatic heterocycles. The summed E-state index contributed by atoms with van der Waals surface area (Å²) in [5, 5.41) is 0. The number of unbranched alkanes of at least 4 members (excludes halogenated alkanes) is 6. The monoisotopic (exact) mass is 523 g/mol. The third-order valence-corrected chi connectivity index (χ3v) is 8.11. The predicted octanol–water partition coefficient (Wildman–Crippen LogP) is 8.19. The minimum atomic E-state index is 0.00397. The van der Waals surface area contributed by atoms with E-state index in [-0.39, 0.29) is 24.4 Å². The summed E-state index contributed by atoms with van der Waals surface area (Å²) in [6.07, 6.45) is 12.2. The second-order valence-electron chi connectivity index (χ2n) is 11.2. The van der Waals surface area contributed by atoms with E-state index in [1.54, 1.807) is 0 Å². The normalized spacial score (nSPS) is 22.2. The number of likely N-dealkylation sites (N-methyl/N-ethyl adjacent to an activating group) is 1. The van der Waals surface area contributed by atoms with Crippen LogP contribution < -0.4 is 0 Å². The molecule has 0 N–H and O–H groups in total. The molecule has 1 fully saturated rings. The molecule has 1 saturated carbocycles. The van der Waals surface area contributed by atoms with Gasteiger partial charge in [-0.15, -0.1) is 0 Å². The maximum atomic E-state index is 6.73. The van der Waals surface area contributed by atoms with Crippen LogP contribution in [0, 0.1) is 0 Å². The number of nitrogens with zero attached hydrogens (tertiary/aromatic N) is 1. The van der Waals surface area contributed by atoms with Crippen molar-refractivity contribution in [3.8, 4) is 0 Å². The Morgan fingerprint density at radius 1 is 0.711 bits per heavy atom. The van der Waals surface area contributed by atoms with Crippen molar-refractivity contribution in [1.29, 1.82) is 0 Å². The van der Waals surface area contributed by atoms with Gasteiger partial charge >= 0.3 is 0 Å². The highest BCUT2D eigenvalue weighted by molar-refractivity contribution is 5.15. The van der Waals surface area contributed by atoms with Crippen LogP contribution in [-0.2, 0) is 27.4 Å². The lowest BCUT2D eigenvalue weighted by Gasteiger charge is -2.38. The van der Waals surface area contributed by atoms with Crippen LogP contribution in [0.1, 0.15) is 96.1 Å². The Morgan fingerprint density at radius 3 is 1.87 bits per heavy atom. The maximum absolute atomic E-state index is 6.73. The van der Waals surface area contributed by atoms with Crippen molar-refractivity contribution in [2.75, 3.05) is 13.7 Å². The Bertz CT molecular complexity index is 845. The summed E-state index contributed by atoms with van der Waals surface area (Å²) in [6.45, 7) is 8.92. The fourth-order valence-electron chi connectivity index (χ4n) is 5.63. The van der Waals surface area contributed by atoms with Crippen molar-refractivity contribution in [3.63, 3.8) is 0 Å². The van der Waals surface area contributed by atoms with Gasteiger partial charge in [0.15, 0.2) is 0 Å². The number of hydrogen-bond donors (Lipinski definition) is 0. The number of benzene rings is 2. The Labute approximate surface area is 233 Å². The van der Waals surface area contributed by atoms with Gasteiger partial charge in [0.25, 0.3) is 0 Å². The van der Waals surface area contributed by atoms with E-state index in [1.165, 1.54) is 62.5 Å². The number of hydrogen-bond acceptors (Lipinski definition) is 4. The molecule has 0 saturated heterocycles. The molecule has 212 valence electrons. The van der Waals surface area contributed by atoms with Crippen molar-refractivity contribution < 1.29 is 14.2 Å². The van der Waals surface area contributed by atoms with Crippen LogP contribution in [-0.4, -0.2) is 49.0 Å². The predicted molar refractivity (Wildman–Crippen MR) is 158 cm³/mol. The molecule has 4 nitrogen and oxygen atoms in total. The van der Waals surface area contributed by atoms with Gasteiger partial charge in [-0.1, -0.05) is 119 Å². The topological polar surface area (TPSA) is 30.9 Å². The largest absolute Gasteiger partial charge is 0.374 e. The van der Waals surface area contributed by atoms with Gasteiger partial charge in [0.2, 0.25) is 0 Å². The molecule has 0 bridgehead atoms. The lowest BCUT2D eigenvalue weighted by atomic mass is 10.0. The molecule has 5 atom stereocenters. The molecular formula is C34H53NO3. The SMILES string of the molecule is CCCCCCCOC1C(OCc2ccccc2)CC(OCc2ccccc2)C1N(C)C(C)CCCCC. The van der Waals surface area contributed by atoms with Gasteiger partial charge < -0.3 is 14.2 Å².